The number of thioether (sulfide) groups is 1. The third kappa shape index (κ3) is 3.48. The van der Waals surface area contributed by atoms with Crippen LogP contribution in [0.2, 0.25) is 0 Å². The van der Waals surface area contributed by atoms with Gasteiger partial charge in [0.15, 0.2) is 26.5 Å². The molecule has 0 N–H and O–H groups in total. The van der Waals surface area contributed by atoms with Gasteiger partial charge in [-0.2, -0.15) is 0 Å². The summed E-state index contributed by atoms with van der Waals surface area (Å²) in [7, 11) is -1.05. The summed E-state index contributed by atoms with van der Waals surface area (Å²) in [6.45, 7) is 0.496. The van der Waals surface area contributed by atoms with Gasteiger partial charge in [0.25, 0.3) is 0 Å². The minimum absolute atomic E-state index is 0.0574. The van der Waals surface area contributed by atoms with E-state index in [2.05, 4.69) is 10.2 Å². The molecule has 0 amide bonds. The maximum absolute atomic E-state index is 11.7. The van der Waals surface area contributed by atoms with E-state index in [4.69, 9.17) is 9.47 Å². The van der Waals surface area contributed by atoms with Crippen molar-refractivity contribution in [3.05, 3.63) is 30.1 Å². The summed E-state index contributed by atoms with van der Waals surface area (Å²) in [5.74, 6) is 3.30. The summed E-state index contributed by atoms with van der Waals surface area (Å²) in [6.07, 6.45) is 0.557. The Kier molecular flexibility index (Phi) is 4.36. The molecule has 2 aromatic rings. The van der Waals surface area contributed by atoms with Crippen molar-refractivity contribution in [3.63, 3.8) is 0 Å². The van der Waals surface area contributed by atoms with Gasteiger partial charge >= 0.3 is 0 Å². The number of rotatable bonds is 4. The molecule has 1 aromatic heterocycles. The second-order valence-corrected chi connectivity index (χ2v) is 9.52. The van der Waals surface area contributed by atoms with Gasteiger partial charge in [-0.1, -0.05) is 23.9 Å². The Balaban J connectivity index is 1.40. The third-order valence-corrected chi connectivity index (χ3v) is 7.35. The summed E-state index contributed by atoms with van der Waals surface area (Å²) in [4.78, 5) is 0. The Morgan fingerprint density at radius 1 is 1.28 bits per heavy atom. The highest BCUT2D eigenvalue weighted by Crippen LogP contribution is 2.33. The average Bonchev–Trinajstić information content (AvgIpc) is 3.14. The number of hydrogen-bond acceptors (Lipinski definition) is 7. The standard InChI is InChI=1S/C16H19N3O4S2/c1-19-15(11-6-7-25(20,21)10-11)17-18-16(19)24-9-12-8-22-13-4-2-3-5-14(13)23-12/h2-5,11-12H,6-10H2,1H3/t11-,12-/m0/s1. The van der Waals surface area contributed by atoms with Gasteiger partial charge in [-0.15, -0.1) is 10.2 Å². The number of ether oxygens (including phenoxy) is 2. The Labute approximate surface area is 150 Å². The summed E-state index contributed by atoms with van der Waals surface area (Å²) >= 11 is 1.54. The van der Waals surface area contributed by atoms with Gasteiger partial charge in [0, 0.05) is 18.7 Å². The molecule has 0 bridgehead atoms. The smallest absolute Gasteiger partial charge is 0.191 e. The molecule has 0 saturated carbocycles. The van der Waals surface area contributed by atoms with Crippen LogP contribution < -0.4 is 9.47 Å². The fourth-order valence-electron chi connectivity index (χ4n) is 3.12. The maximum atomic E-state index is 11.7. The highest BCUT2D eigenvalue weighted by Gasteiger charge is 2.32. The predicted octanol–water partition coefficient (Wildman–Crippen LogP) is 1.65. The fourth-order valence-corrected chi connectivity index (χ4v) is 5.74. The zero-order valence-electron chi connectivity index (χ0n) is 13.8. The lowest BCUT2D eigenvalue weighted by Gasteiger charge is -2.25. The molecule has 0 spiro atoms. The predicted molar refractivity (Wildman–Crippen MR) is 94.1 cm³/mol. The number of aromatic nitrogens is 3. The molecule has 1 fully saturated rings. The van der Waals surface area contributed by atoms with Crippen molar-refractivity contribution in [3.8, 4) is 11.5 Å². The first kappa shape index (κ1) is 16.7. The quantitative estimate of drug-likeness (QED) is 0.745. The lowest BCUT2D eigenvalue weighted by Crippen LogP contribution is -2.31. The SMILES string of the molecule is Cn1c(SC[C@@H]2COc3ccccc3O2)nnc1[C@H]1CCS(=O)(=O)C1. The van der Waals surface area contributed by atoms with Gasteiger partial charge < -0.3 is 14.0 Å². The highest BCUT2D eigenvalue weighted by molar-refractivity contribution is 7.99. The van der Waals surface area contributed by atoms with E-state index in [1.54, 1.807) is 11.8 Å². The Morgan fingerprint density at radius 2 is 2.08 bits per heavy atom. The molecular formula is C16H19N3O4S2. The van der Waals surface area contributed by atoms with Crippen molar-refractivity contribution in [1.82, 2.24) is 14.8 Å². The van der Waals surface area contributed by atoms with Crippen LogP contribution in [0.15, 0.2) is 29.4 Å². The number of benzene rings is 1. The molecular weight excluding hydrogens is 362 g/mol. The van der Waals surface area contributed by atoms with Crippen LogP contribution in [0.25, 0.3) is 0 Å². The van der Waals surface area contributed by atoms with Crippen molar-refractivity contribution < 1.29 is 17.9 Å². The topological polar surface area (TPSA) is 83.3 Å². The van der Waals surface area contributed by atoms with Crippen LogP contribution in [-0.4, -0.2) is 53.2 Å². The van der Waals surface area contributed by atoms with Gasteiger partial charge in [0.2, 0.25) is 0 Å². The van der Waals surface area contributed by atoms with Gasteiger partial charge in [-0.05, 0) is 18.6 Å². The van der Waals surface area contributed by atoms with E-state index in [-0.39, 0.29) is 23.5 Å². The number of para-hydroxylation sites is 2. The molecule has 0 aliphatic carbocycles. The Hall–Kier alpha value is -1.74. The summed E-state index contributed by atoms with van der Waals surface area (Å²) in [5, 5.41) is 9.21. The van der Waals surface area contributed by atoms with Crippen LogP contribution in [0.5, 0.6) is 11.5 Å². The van der Waals surface area contributed by atoms with Crippen molar-refractivity contribution >= 4 is 21.6 Å². The average molecular weight is 381 g/mol. The lowest BCUT2D eigenvalue weighted by atomic mass is 10.1. The third-order valence-electron chi connectivity index (χ3n) is 4.43. The zero-order valence-corrected chi connectivity index (χ0v) is 15.4. The molecule has 0 radical (unpaired) electrons. The minimum atomic E-state index is -2.93. The second kappa shape index (κ2) is 6.53. The highest BCUT2D eigenvalue weighted by atomic mass is 32.2. The largest absolute Gasteiger partial charge is 0.486 e. The van der Waals surface area contributed by atoms with E-state index >= 15 is 0 Å². The van der Waals surface area contributed by atoms with Crippen LogP contribution >= 0.6 is 11.8 Å². The van der Waals surface area contributed by atoms with Gasteiger partial charge in [-0.3, -0.25) is 0 Å². The molecule has 25 heavy (non-hydrogen) atoms. The molecule has 3 heterocycles. The number of hydrogen-bond donors (Lipinski definition) is 0. The molecule has 4 rings (SSSR count). The first-order chi connectivity index (χ1) is 12.0. The number of fused-ring (bicyclic) bond motifs is 1. The molecule has 2 aliphatic rings. The molecule has 7 nitrogen and oxygen atoms in total. The van der Waals surface area contributed by atoms with Crippen molar-refractivity contribution in [1.29, 1.82) is 0 Å². The molecule has 0 unspecified atom stereocenters. The van der Waals surface area contributed by atoms with Crippen LogP contribution in [0.1, 0.15) is 18.2 Å². The van der Waals surface area contributed by atoms with Crippen molar-refractivity contribution in [2.75, 3.05) is 23.9 Å². The summed E-state index contributed by atoms with van der Waals surface area (Å²) in [5.41, 5.74) is 0. The van der Waals surface area contributed by atoms with E-state index in [1.807, 2.05) is 35.9 Å². The zero-order chi connectivity index (χ0) is 17.4. The Morgan fingerprint density at radius 3 is 2.84 bits per heavy atom. The summed E-state index contributed by atoms with van der Waals surface area (Å²) in [6, 6.07) is 7.63. The fraction of sp³-hybridized carbons (Fsp3) is 0.500. The summed E-state index contributed by atoms with van der Waals surface area (Å²) < 4.78 is 36.9. The molecule has 2 atom stereocenters. The van der Waals surface area contributed by atoms with E-state index in [0.717, 1.165) is 22.5 Å². The first-order valence-electron chi connectivity index (χ1n) is 8.13. The molecule has 134 valence electrons. The maximum Gasteiger partial charge on any atom is 0.191 e. The van der Waals surface area contributed by atoms with E-state index in [1.165, 1.54) is 0 Å². The van der Waals surface area contributed by atoms with E-state index in [9.17, 15) is 8.42 Å². The monoisotopic (exact) mass is 381 g/mol. The Bertz CT molecular complexity index is 881. The van der Waals surface area contributed by atoms with Gasteiger partial charge in [-0.25, -0.2) is 8.42 Å². The van der Waals surface area contributed by atoms with E-state index < -0.39 is 9.84 Å². The van der Waals surface area contributed by atoms with Crippen LogP contribution in [-0.2, 0) is 16.9 Å². The normalized spacial score (nSPS) is 24.4. The van der Waals surface area contributed by atoms with Gasteiger partial charge in [0.05, 0.1) is 11.5 Å². The lowest BCUT2D eigenvalue weighted by molar-refractivity contribution is 0.107. The first-order valence-corrected chi connectivity index (χ1v) is 10.9. The van der Waals surface area contributed by atoms with Gasteiger partial charge in [0.1, 0.15) is 18.5 Å². The second-order valence-electron chi connectivity index (χ2n) is 6.31. The minimum Gasteiger partial charge on any atom is -0.486 e. The van der Waals surface area contributed by atoms with E-state index in [0.29, 0.717) is 18.8 Å². The molecule has 1 aromatic carbocycles. The van der Waals surface area contributed by atoms with Crippen molar-refractivity contribution in [2.24, 2.45) is 7.05 Å². The van der Waals surface area contributed by atoms with Crippen molar-refractivity contribution in [2.45, 2.75) is 23.6 Å². The van der Waals surface area contributed by atoms with Crippen LogP contribution in [0.4, 0.5) is 0 Å². The number of sulfone groups is 1. The molecule has 2 aliphatic heterocycles. The van der Waals surface area contributed by atoms with Crippen LogP contribution in [0.3, 0.4) is 0 Å². The number of nitrogens with zero attached hydrogens (tertiary/aromatic N) is 3. The molecule has 1 saturated heterocycles. The van der Waals surface area contributed by atoms with Crippen LogP contribution in [0, 0.1) is 0 Å². The molecule has 9 heteroatoms.